The normalized spacial score (nSPS) is 17.5. The summed E-state index contributed by atoms with van der Waals surface area (Å²) >= 11 is 0. The van der Waals surface area contributed by atoms with Crippen LogP contribution in [0.5, 0.6) is 0 Å². The third kappa shape index (κ3) is 0.493. The standard InChI is InChI=1S/C11H6O/c12-11-9-5-6-10(11)8-4-2-1-3-7(8)9/h1-6H. The fourth-order valence-corrected chi connectivity index (χ4v) is 1.84. The Morgan fingerprint density at radius 1 is 0.833 bits per heavy atom. The van der Waals surface area contributed by atoms with Gasteiger partial charge in [-0.05, 0) is 23.3 Å². The number of Topliss-reactive ketones (excluding diaryl/α,β-unsaturated/α-hetero) is 1. The molecule has 0 aliphatic heterocycles. The van der Waals surface area contributed by atoms with Crippen LogP contribution >= 0.6 is 0 Å². The van der Waals surface area contributed by atoms with E-state index in [0.29, 0.717) is 0 Å². The molecule has 56 valence electrons. The van der Waals surface area contributed by atoms with Crippen molar-refractivity contribution in [1.29, 1.82) is 0 Å². The van der Waals surface area contributed by atoms with E-state index in [1.807, 2.05) is 36.4 Å². The summed E-state index contributed by atoms with van der Waals surface area (Å²) in [5, 5.41) is 0. The molecule has 0 amide bonds. The SMILES string of the molecule is O=C1C2=CC=C1c1ccccc12. The maximum absolute atomic E-state index is 11.5. The molecule has 0 fully saturated rings. The lowest BCUT2D eigenvalue weighted by Crippen LogP contribution is -1.86. The lowest BCUT2D eigenvalue weighted by Gasteiger charge is -1.99. The molecule has 0 spiro atoms. The quantitative estimate of drug-likeness (QED) is 0.559. The third-order valence-electron chi connectivity index (χ3n) is 2.41. The summed E-state index contributed by atoms with van der Waals surface area (Å²) in [5.41, 5.74) is 3.92. The molecule has 1 aromatic carbocycles. The maximum atomic E-state index is 11.5. The van der Waals surface area contributed by atoms with E-state index >= 15 is 0 Å². The largest absolute Gasteiger partial charge is 0.289 e. The number of ketones is 1. The molecule has 0 atom stereocenters. The van der Waals surface area contributed by atoms with E-state index in [9.17, 15) is 4.79 Å². The topological polar surface area (TPSA) is 17.1 Å². The Morgan fingerprint density at radius 3 is 1.83 bits per heavy atom. The average Bonchev–Trinajstić information content (AvgIpc) is 2.61. The second kappa shape index (κ2) is 1.75. The molecule has 2 aliphatic rings. The van der Waals surface area contributed by atoms with Crippen molar-refractivity contribution < 1.29 is 4.79 Å². The van der Waals surface area contributed by atoms with Gasteiger partial charge in [-0.1, -0.05) is 24.3 Å². The zero-order valence-corrected chi connectivity index (χ0v) is 6.37. The molecule has 12 heavy (non-hydrogen) atoms. The summed E-state index contributed by atoms with van der Waals surface area (Å²) in [6.45, 7) is 0. The highest BCUT2D eigenvalue weighted by molar-refractivity contribution is 6.50. The van der Waals surface area contributed by atoms with E-state index in [4.69, 9.17) is 0 Å². The molecule has 1 nitrogen and oxygen atoms in total. The van der Waals surface area contributed by atoms with E-state index in [2.05, 4.69) is 0 Å². The first kappa shape index (κ1) is 5.95. The molecule has 2 bridgehead atoms. The summed E-state index contributed by atoms with van der Waals surface area (Å²) in [6, 6.07) is 7.93. The van der Waals surface area contributed by atoms with Crippen molar-refractivity contribution >= 4 is 16.9 Å². The number of hydrogen-bond donors (Lipinski definition) is 0. The number of fused-ring (bicyclic) bond motifs is 5. The summed E-state index contributed by atoms with van der Waals surface area (Å²) < 4.78 is 0. The van der Waals surface area contributed by atoms with Crippen LogP contribution in [0.1, 0.15) is 11.1 Å². The second-order valence-electron chi connectivity index (χ2n) is 3.04. The molecule has 0 N–H and O–H groups in total. The molecular weight excluding hydrogens is 148 g/mol. The molecule has 0 saturated heterocycles. The lowest BCUT2D eigenvalue weighted by atomic mass is 10.0. The molecule has 0 radical (unpaired) electrons. The highest BCUT2D eigenvalue weighted by Gasteiger charge is 2.31. The Labute approximate surface area is 70.0 Å². The van der Waals surface area contributed by atoms with Crippen LogP contribution in [0.2, 0.25) is 0 Å². The van der Waals surface area contributed by atoms with E-state index in [1.54, 1.807) is 0 Å². The number of hydrogen-bond acceptors (Lipinski definition) is 1. The second-order valence-corrected chi connectivity index (χ2v) is 3.04. The summed E-state index contributed by atoms with van der Waals surface area (Å²) in [7, 11) is 0. The van der Waals surface area contributed by atoms with Crippen LogP contribution in [0.25, 0.3) is 11.1 Å². The number of allylic oxidation sites excluding steroid dienone is 4. The average molecular weight is 154 g/mol. The van der Waals surface area contributed by atoms with E-state index in [-0.39, 0.29) is 5.78 Å². The van der Waals surface area contributed by atoms with Crippen molar-refractivity contribution in [2.45, 2.75) is 0 Å². The van der Waals surface area contributed by atoms with Crippen molar-refractivity contribution in [3.8, 4) is 0 Å². The van der Waals surface area contributed by atoms with Gasteiger partial charge in [0.15, 0.2) is 5.78 Å². The van der Waals surface area contributed by atoms with E-state index < -0.39 is 0 Å². The van der Waals surface area contributed by atoms with Gasteiger partial charge < -0.3 is 0 Å². The number of rotatable bonds is 0. The third-order valence-corrected chi connectivity index (χ3v) is 2.41. The maximum Gasteiger partial charge on any atom is 0.194 e. The first-order chi connectivity index (χ1) is 5.88. The highest BCUT2D eigenvalue weighted by Crippen LogP contribution is 2.41. The van der Waals surface area contributed by atoms with Crippen LogP contribution in [-0.4, -0.2) is 5.78 Å². The van der Waals surface area contributed by atoms with Gasteiger partial charge >= 0.3 is 0 Å². The molecule has 0 aromatic heterocycles. The predicted octanol–water partition coefficient (Wildman–Crippen LogP) is 2.05. The predicted molar refractivity (Wildman–Crippen MR) is 47.4 cm³/mol. The molecule has 0 unspecified atom stereocenters. The fraction of sp³-hybridized carbons (Fsp3) is 0. The number of carbonyl (C=O) groups is 1. The fourth-order valence-electron chi connectivity index (χ4n) is 1.84. The molecule has 0 heterocycles. The summed E-state index contributed by atoms with van der Waals surface area (Å²) in [5.74, 6) is 0.191. The van der Waals surface area contributed by atoms with Gasteiger partial charge in [-0.3, -0.25) is 4.79 Å². The Morgan fingerprint density at radius 2 is 1.33 bits per heavy atom. The Bertz CT molecular complexity index is 409. The van der Waals surface area contributed by atoms with Gasteiger partial charge in [-0.15, -0.1) is 0 Å². The van der Waals surface area contributed by atoms with Gasteiger partial charge in [0.25, 0.3) is 0 Å². The van der Waals surface area contributed by atoms with Crippen molar-refractivity contribution in [1.82, 2.24) is 0 Å². The van der Waals surface area contributed by atoms with Crippen molar-refractivity contribution in [3.05, 3.63) is 47.5 Å². The minimum atomic E-state index is 0.191. The van der Waals surface area contributed by atoms with Crippen molar-refractivity contribution in [3.63, 3.8) is 0 Å². The van der Waals surface area contributed by atoms with Crippen LogP contribution in [0.4, 0.5) is 0 Å². The van der Waals surface area contributed by atoms with Gasteiger partial charge in [-0.2, -0.15) is 0 Å². The molecule has 1 aromatic rings. The molecule has 3 rings (SSSR count). The van der Waals surface area contributed by atoms with Gasteiger partial charge in [0.2, 0.25) is 0 Å². The molecule has 0 saturated carbocycles. The van der Waals surface area contributed by atoms with Crippen LogP contribution in [0.15, 0.2) is 36.4 Å². The van der Waals surface area contributed by atoms with Crippen LogP contribution in [-0.2, 0) is 4.79 Å². The van der Waals surface area contributed by atoms with Crippen molar-refractivity contribution in [2.75, 3.05) is 0 Å². The Kier molecular flexibility index (Phi) is 0.867. The zero-order valence-electron chi connectivity index (χ0n) is 6.37. The van der Waals surface area contributed by atoms with Gasteiger partial charge in [0.05, 0.1) is 0 Å². The smallest absolute Gasteiger partial charge is 0.194 e. The van der Waals surface area contributed by atoms with Crippen molar-refractivity contribution in [2.24, 2.45) is 0 Å². The first-order valence-electron chi connectivity index (χ1n) is 3.94. The van der Waals surface area contributed by atoms with Gasteiger partial charge in [0, 0.05) is 11.1 Å². The Balaban J connectivity index is 2.44. The monoisotopic (exact) mass is 154 g/mol. The zero-order chi connectivity index (χ0) is 8.13. The van der Waals surface area contributed by atoms with Gasteiger partial charge in [0.1, 0.15) is 0 Å². The van der Waals surface area contributed by atoms with E-state index in [1.165, 1.54) is 0 Å². The minimum Gasteiger partial charge on any atom is -0.289 e. The Hall–Kier alpha value is -1.63. The van der Waals surface area contributed by atoms with Crippen LogP contribution in [0.3, 0.4) is 0 Å². The number of benzene rings is 1. The highest BCUT2D eigenvalue weighted by atomic mass is 16.1. The van der Waals surface area contributed by atoms with Crippen LogP contribution < -0.4 is 0 Å². The lowest BCUT2D eigenvalue weighted by molar-refractivity contribution is -0.108. The minimum absolute atomic E-state index is 0.191. The summed E-state index contributed by atoms with van der Waals surface area (Å²) in [6.07, 6.45) is 3.81. The van der Waals surface area contributed by atoms with Crippen LogP contribution in [0, 0.1) is 0 Å². The number of carbonyl (C=O) groups excluding carboxylic acids is 1. The first-order valence-corrected chi connectivity index (χ1v) is 3.94. The van der Waals surface area contributed by atoms with E-state index in [0.717, 1.165) is 22.3 Å². The summed E-state index contributed by atoms with van der Waals surface area (Å²) in [4.78, 5) is 11.5. The molecule has 2 aliphatic carbocycles. The molecular formula is C11H6O. The molecule has 1 heteroatoms. The van der Waals surface area contributed by atoms with Gasteiger partial charge in [-0.25, -0.2) is 0 Å².